The third-order valence-electron chi connectivity index (χ3n) is 3.23. The number of methoxy groups -OCH3 is 1. The van der Waals surface area contributed by atoms with Crippen LogP contribution >= 0.6 is 0 Å². The summed E-state index contributed by atoms with van der Waals surface area (Å²) in [6.45, 7) is 0. The van der Waals surface area contributed by atoms with Crippen molar-refractivity contribution in [2.24, 2.45) is 0 Å². The van der Waals surface area contributed by atoms with Gasteiger partial charge in [0.2, 0.25) is 0 Å². The maximum absolute atomic E-state index is 12.2. The molecule has 2 aromatic carbocycles. The predicted octanol–water partition coefficient (Wildman–Crippen LogP) is 3.53. The van der Waals surface area contributed by atoms with Gasteiger partial charge in [0, 0.05) is 5.56 Å². The van der Waals surface area contributed by atoms with E-state index in [-0.39, 0.29) is 5.78 Å². The van der Waals surface area contributed by atoms with Crippen molar-refractivity contribution in [2.75, 3.05) is 7.11 Å². The first-order valence-corrected chi connectivity index (χ1v) is 6.84. The molecule has 1 aromatic heterocycles. The summed E-state index contributed by atoms with van der Waals surface area (Å²) < 4.78 is 5.12. The Morgan fingerprint density at radius 3 is 2.73 bits per heavy atom. The van der Waals surface area contributed by atoms with Gasteiger partial charge >= 0.3 is 0 Å². The van der Waals surface area contributed by atoms with Crippen molar-refractivity contribution in [3.8, 4) is 5.75 Å². The molecule has 4 heteroatoms. The third kappa shape index (κ3) is 3.01. The summed E-state index contributed by atoms with van der Waals surface area (Å²) in [5.74, 6) is 0.554. The highest BCUT2D eigenvalue weighted by molar-refractivity contribution is 6.06. The van der Waals surface area contributed by atoms with E-state index >= 15 is 0 Å². The summed E-state index contributed by atoms with van der Waals surface area (Å²) in [7, 11) is 1.57. The molecule has 0 aliphatic carbocycles. The monoisotopic (exact) mass is 290 g/mol. The van der Waals surface area contributed by atoms with Crippen LogP contribution in [0.4, 0.5) is 0 Å². The summed E-state index contributed by atoms with van der Waals surface area (Å²) in [5.41, 5.74) is 2.86. The number of ether oxygens (including phenoxy) is 1. The van der Waals surface area contributed by atoms with Crippen molar-refractivity contribution in [3.05, 3.63) is 72.1 Å². The number of allylic oxidation sites excluding steroid dienone is 1. The number of carbonyl (C=O) groups is 1. The standard InChI is InChI=1S/C18H14N2O2/c1-22-15-6-4-5-13(11-15)18(21)10-9-14-12-19-16-7-2-3-8-17(16)20-14/h2-12H,1H3/b10-9+. The molecule has 0 aliphatic rings. The van der Waals surface area contributed by atoms with Crippen LogP contribution in [-0.2, 0) is 0 Å². The number of hydrogen-bond acceptors (Lipinski definition) is 4. The van der Waals surface area contributed by atoms with Crippen LogP contribution in [0.25, 0.3) is 17.1 Å². The van der Waals surface area contributed by atoms with Gasteiger partial charge in [-0.05, 0) is 36.4 Å². The van der Waals surface area contributed by atoms with Gasteiger partial charge in [0.05, 0.1) is 30.0 Å². The van der Waals surface area contributed by atoms with Crippen LogP contribution in [0.5, 0.6) is 5.75 Å². The fourth-order valence-electron chi connectivity index (χ4n) is 2.09. The SMILES string of the molecule is COc1cccc(C(=O)/C=C/c2cnc3ccccc3n2)c1. The van der Waals surface area contributed by atoms with Crippen LogP contribution in [0.3, 0.4) is 0 Å². The average molecular weight is 290 g/mol. The molecule has 0 N–H and O–H groups in total. The molecule has 0 atom stereocenters. The minimum absolute atomic E-state index is 0.103. The van der Waals surface area contributed by atoms with Crippen LogP contribution in [0.15, 0.2) is 60.8 Å². The molecule has 3 aromatic rings. The van der Waals surface area contributed by atoms with Crippen LogP contribution < -0.4 is 4.74 Å². The third-order valence-corrected chi connectivity index (χ3v) is 3.23. The molecule has 0 aliphatic heterocycles. The predicted molar refractivity (Wildman–Crippen MR) is 85.9 cm³/mol. The van der Waals surface area contributed by atoms with E-state index in [1.54, 1.807) is 43.6 Å². The minimum Gasteiger partial charge on any atom is -0.497 e. The lowest BCUT2D eigenvalue weighted by atomic mass is 10.1. The van der Waals surface area contributed by atoms with Crippen LogP contribution in [-0.4, -0.2) is 22.9 Å². The second-order valence-corrected chi connectivity index (χ2v) is 4.71. The fraction of sp³-hybridized carbons (Fsp3) is 0.0556. The average Bonchev–Trinajstić information content (AvgIpc) is 2.59. The highest BCUT2D eigenvalue weighted by atomic mass is 16.5. The number of nitrogens with zero attached hydrogens (tertiary/aromatic N) is 2. The number of carbonyl (C=O) groups excluding carboxylic acids is 1. The van der Waals surface area contributed by atoms with Crippen LogP contribution in [0.2, 0.25) is 0 Å². The molecule has 0 radical (unpaired) electrons. The highest BCUT2D eigenvalue weighted by Gasteiger charge is 2.03. The molecule has 108 valence electrons. The Morgan fingerprint density at radius 2 is 1.91 bits per heavy atom. The summed E-state index contributed by atoms with van der Waals surface area (Å²) in [5, 5.41) is 0. The Bertz CT molecular complexity index is 856. The number of para-hydroxylation sites is 2. The van der Waals surface area contributed by atoms with E-state index in [4.69, 9.17) is 4.74 Å². The molecule has 0 fully saturated rings. The van der Waals surface area contributed by atoms with Gasteiger partial charge in [-0.15, -0.1) is 0 Å². The molecule has 1 heterocycles. The molecule has 0 bridgehead atoms. The fourth-order valence-corrected chi connectivity index (χ4v) is 2.09. The number of hydrogen-bond donors (Lipinski definition) is 0. The van der Waals surface area contributed by atoms with Crippen molar-refractivity contribution in [3.63, 3.8) is 0 Å². The Kier molecular flexibility index (Phi) is 3.92. The number of benzene rings is 2. The highest BCUT2D eigenvalue weighted by Crippen LogP contribution is 2.14. The lowest BCUT2D eigenvalue weighted by molar-refractivity contribution is 0.104. The molecule has 0 amide bonds. The Hall–Kier alpha value is -3.01. The molecule has 0 saturated heterocycles. The second kappa shape index (κ2) is 6.18. The maximum Gasteiger partial charge on any atom is 0.186 e. The first-order chi connectivity index (χ1) is 10.8. The Morgan fingerprint density at radius 1 is 1.09 bits per heavy atom. The molecule has 4 nitrogen and oxygen atoms in total. The van der Waals surface area contributed by atoms with E-state index < -0.39 is 0 Å². The summed E-state index contributed by atoms with van der Waals surface area (Å²) >= 11 is 0. The molecular weight excluding hydrogens is 276 g/mol. The van der Waals surface area contributed by atoms with Crippen LogP contribution in [0, 0.1) is 0 Å². The maximum atomic E-state index is 12.2. The zero-order chi connectivity index (χ0) is 15.4. The number of fused-ring (bicyclic) bond motifs is 1. The van der Waals surface area contributed by atoms with E-state index in [2.05, 4.69) is 9.97 Å². The van der Waals surface area contributed by atoms with Gasteiger partial charge in [0.25, 0.3) is 0 Å². The zero-order valence-electron chi connectivity index (χ0n) is 12.1. The van der Waals surface area contributed by atoms with Gasteiger partial charge in [-0.25, -0.2) is 4.98 Å². The largest absolute Gasteiger partial charge is 0.497 e. The first-order valence-electron chi connectivity index (χ1n) is 6.84. The summed E-state index contributed by atoms with van der Waals surface area (Å²) in [6, 6.07) is 14.7. The van der Waals surface area contributed by atoms with Gasteiger partial charge in [0.1, 0.15) is 5.75 Å². The minimum atomic E-state index is -0.103. The van der Waals surface area contributed by atoms with E-state index in [1.807, 2.05) is 24.3 Å². The van der Waals surface area contributed by atoms with Crippen molar-refractivity contribution in [1.82, 2.24) is 9.97 Å². The molecule has 0 spiro atoms. The van der Waals surface area contributed by atoms with Crippen molar-refractivity contribution >= 4 is 22.9 Å². The van der Waals surface area contributed by atoms with Gasteiger partial charge in [-0.3, -0.25) is 9.78 Å². The van der Waals surface area contributed by atoms with Gasteiger partial charge in [-0.1, -0.05) is 24.3 Å². The van der Waals surface area contributed by atoms with Crippen molar-refractivity contribution in [1.29, 1.82) is 0 Å². The van der Waals surface area contributed by atoms with Crippen molar-refractivity contribution < 1.29 is 9.53 Å². The van der Waals surface area contributed by atoms with Gasteiger partial charge in [-0.2, -0.15) is 0 Å². The molecular formula is C18H14N2O2. The smallest absolute Gasteiger partial charge is 0.186 e. The number of rotatable bonds is 4. The topological polar surface area (TPSA) is 52.1 Å². The van der Waals surface area contributed by atoms with Gasteiger partial charge < -0.3 is 4.74 Å². The second-order valence-electron chi connectivity index (χ2n) is 4.71. The molecule has 0 unspecified atom stereocenters. The Balaban J connectivity index is 1.83. The first kappa shape index (κ1) is 13.9. The number of ketones is 1. The Labute approximate surface area is 128 Å². The summed E-state index contributed by atoms with van der Waals surface area (Å²) in [4.78, 5) is 20.9. The summed E-state index contributed by atoms with van der Waals surface area (Å²) in [6.07, 6.45) is 4.81. The molecule has 3 rings (SSSR count). The quantitative estimate of drug-likeness (QED) is 0.545. The van der Waals surface area contributed by atoms with Gasteiger partial charge in [0.15, 0.2) is 5.78 Å². The van der Waals surface area contributed by atoms with E-state index in [1.165, 1.54) is 6.08 Å². The lowest BCUT2D eigenvalue weighted by Crippen LogP contribution is -1.95. The van der Waals surface area contributed by atoms with E-state index in [0.29, 0.717) is 17.0 Å². The van der Waals surface area contributed by atoms with E-state index in [9.17, 15) is 4.79 Å². The molecule has 0 saturated carbocycles. The van der Waals surface area contributed by atoms with E-state index in [0.717, 1.165) is 11.0 Å². The number of aromatic nitrogens is 2. The van der Waals surface area contributed by atoms with Crippen molar-refractivity contribution in [2.45, 2.75) is 0 Å². The molecule has 22 heavy (non-hydrogen) atoms. The zero-order valence-corrected chi connectivity index (χ0v) is 12.1. The van der Waals surface area contributed by atoms with Crippen LogP contribution in [0.1, 0.15) is 16.1 Å². The lowest BCUT2D eigenvalue weighted by Gasteiger charge is -2.01. The normalized spacial score (nSPS) is 11.0.